The highest BCUT2D eigenvalue weighted by Gasteiger charge is 2.52. The Morgan fingerprint density at radius 2 is 0.486 bits per heavy atom. The lowest BCUT2D eigenvalue weighted by molar-refractivity contribution is 0.00578. The van der Waals surface area contributed by atoms with Gasteiger partial charge in [0.1, 0.15) is 0 Å². The molecule has 1 fully saturated rings. The number of fused-ring (bicyclic) bond motifs is 6. The first-order valence-electron chi connectivity index (χ1n) is 36.3. The molecule has 0 unspecified atom stereocenters. The normalized spacial score (nSPS) is 14.3. The first kappa shape index (κ1) is 69.8. The Labute approximate surface area is 637 Å². The van der Waals surface area contributed by atoms with Crippen LogP contribution in [0, 0.1) is 0 Å². The largest absolute Gasteiger partial charge is 0.494 e. The average molecular weight is 1430 g/mol. The molecule has 1 aliphatic heterocycles. The van der Waals surface area contributed by atoms with Crippen molar-refractivity contribution in [3.8, 4) is 135 Å². The van der Waals surface area contributed by atoms with E-state index >= 15 is 0 Å². The lowest BCUT2D eigenvalue weighted by Gasteiger charge is -2.32. The van der Waals surface area contributed by atoms with Gasteiger partial charge in [0.25, 0.3) is 0 Å². The van der Waals surface area contributed by atoms with E-state index in [-0.39, 0.29) is 39.7 Å². The molecular weight excluding hydrogens is 1350 g/mol. The maximum absolute atomic E-state index is 6.20. The molecule has 0 saturated carbocycles. The number of hydrogen-bond acceptors (Lipinski definition) is 8. The number of rotatable bonds is 11. The van der Waals surface area contributed by atoms with Crippen molar-refractivity contribution in [2.45, 2.75) is 77.4 Å². The molecule has 520 valence electrons. The highest BCUT2D eigenvalue weighted by molar-refractivity contribution is 6.62. The van der Waals surface area contributed by atoms with Crippen LogP contribution in [-0.4, -0.2) is 48.2 Å². The van der Waals surface area contributed by atoms with Crippen LogP contribution in [0.5, 0.6) is 0 Å². The molecule has 0 spiro atoms. The fourth-order valence-electron chi connectivity index (χ4n) is 14.9. The lowest BCUT2D eigenvalue weighted by Crippen LogP contribution is -2.41. The van der Waals surface area contributed by atoms with Gasteiger partial charge in [-0.15, -0.1) is 0 Å². The minimum absolute atomic E-state index is 0.0669. The maximum Gasteiger partial charge on any atom is 0.494 e. The van der Waals surface area contributed by atoms with Crippen molar-refractivity contribution in [3.63, 3.8) is 0 Å². The Morgan fingerprint density at radius 1 is 0.224 bits per heavy atom. The van der Waals surface area contributed by atoms with Gasteiger partial charge in [-0.05, 0) is 192 Å². The summed E-state index contributed by atoms with van der Waals surface area (Å²) < 4.78 is 12.4. The van der Waals surface area contributed by atoms with Gasteiger partial charge < -0.3 is 9.31 Å². The van der Waals surface area contributed by atoms with Crippen LogP contribution < -0.4 is 5.46 Å². The minimum atomic E-state index is -0.335. The Hall–Kier alpha value is -11.6. The van der Waals surface area contributed by atoms with Crippen molar-refractivity contribution in [2.75, 3.05) is 0 Å². The van der Waals surface area contributed by atoms with Crippen molar-refractivity contribution < 1.29 is 9.31 Å². The third kappa shape index (κ3) is 14.1. The van der Waals surface area contributed by atoms with Gasteiger partial charge in [0.05, 0.1) is 11.2 Å². The Balaban J connectivity index is 0.000000144. The maximum atomic E-state index is 6.20. The molecule has 2 aromatic heterocycles. The van der Waals surface area contributed by atoms with Gasteiger partial charge in [-0.25, -0.2) is 15.0 Å². The molecule has 2 aliphatic carbocycles. The molecule has 0 N–H and O–H groups in total. The third-order valence-electron chi connectivity index (χ3n) is 21.5. The SMILES string of the molecule is CC1(C)OB(c2cccc(-c3ccc(-c4ccccc4)cc3)c2)OC1(C)C.CC1(C)c2ccccc2-c2ccc(-c3nc(-c4cccc(-c5ccc(-c6ccccc6)cc5)c4)nc(-c4cccc(-c5ccc(-c6ccccc6)cc5)c4)n3)cc21.CC1(C)c2ccccc2-c2ccc(-c3nc(Cl)nc(Cl)n3)cc21. The van der Waals surface area contributed by atoms with Gasteiger partial charge in [-0.3, -0.25) is 0 Å². The molecule has 107 heavy (non-hydrogen) atoms. The van der Waals surface area contributed by atoms with Crippen LogP contribution in [-0.2, 0) is 20.1 Å². The van der Waals surface area contributed by atoms with Crippen molar-refractivity contribution >= 4 is 35.8 Å². The topological polar surface area (TPSA) is 95.8 Å². The molecule has 15 aromatic rings. The molecule has 13 aromatic carbocycles. The summed E-state index contributed by atoms with van der Waals surface area (Å²) in [6.45, 7) is 17.4. The van der Waals surface area contributed by atoms with E-state index < -0.39 is 0 Å². The summed E-state index contributed by atoms with van der Waals surface area (Å²) in [5, 5.41) is 0.200. The Morgan fingerprint density at radius 3 is 0.860 bits per heavy atom. The van der Waals surface area contributed by atoms with Gasteiger partial charge in [-0.2, -0.15) is 15.0 Å². The molecule has 0 radical (unpaired) electrons. The van der Waals surface area contributed by atoms with Crippen molar-refractivity contribution in [2.24, 2.45) is 0 Å². The highest BCUT2D eigenvalue weighted by atomic mass is 35.5. The van der Waals surface area contributed by atoms with Crippen molar-refractivity contribution in [1.29, 1.82) is 0 Å². The number of benzene rings is 13. The van der Waals surface area contributed by atoms with E-state index in [1.54, 1.807) is 0 Å². The summed E-state index contributed by atoms with van der Waals surface area (Å²) in [6.07, 6.45) is 0. The fourth-order valence-corrected chi connectivity index (χ4v) is 15.2. The van der Waals surface area contributed by atoms with Crippen LogP contribution in [0.15, 0.2) is 322 Å². The van der Waals surface area contributed by atoms with Gasteiger partial charge in [0, 0.05) is 33.1 Å². The first-order valence-corrected chi connectivity index (χ1v) is 37.0. The van der Waals surface area contributed by atoms with Crippen molar-refractivity contribution in [1.82, 2.24) is 29.9 Å². The van der Waals surface area contributed by atoms with E-state index in [1.807, 2.05) is 24.3 Å². The molecule has 0 atom stereocenters. The molecule has 0 amide bonds. The smallest absolute Gasteiger partial charge is 0.399 e. The second-order valence-electron chi connectivity index (χ2n) is 29.6. The van der Waals surface area contributed by atoms with E-state index in [0.29, 0.717) is 23.3 Å². The lowest BCUT2D eigenvalue weighted by atomic mass is 9.78. The second kappa shape index (κ2) is 28.7. The van der Waals surface area contributed by atoms with Crippen molar-refractivity contribution in [3.05, 3.63) is 354 Å². The molecule has 8 nitrogen and oxygen atoms in total. The summed E-state index contributed by atoms with van der Waals surface area (Å²) in [4.78, 5) is 27.8. The number of nitrogens with zero attached hydrogens (tertiary/aromatic N) is 6. The minimum Gasteiger partial charge on any atom is -0.399 e. The summed E-state index contributed by atoms with van der Waals surface area (Å²) in [7, 11) is -0.335. The molecule has 3 aliphatic rings. The third-order valence-corrected chi connectivity index (χ3v) is 21.9. The van der Waals surface area contributed by atoms with E-state index in [4.69, 9.17) is 47.5 Å². The monoisotopic (exact) mass is 1430 g/mol. The average Bonchev–Trinajstić information content (AvgIpc) is 1.59. The molecule has 18 rings (SSSR count). The quantitative estimate of drug-likeness (QED) is 0.118. The Bertz CT molecular complexity index is 5610. The van der Waals surface area contributed by atoms with Crippen LogP contribution in [0.3, 0.4) is 0 Å². The van der Waals surface area contributed by atoms with E-state index in [2.05, 4.69) is 368 Å². The zero-order valence-electron chi connectivity index (χ0n) is 60.9. The van der Waals surface area contributed by atoms with E-state index in [1.165, 1.54) is 89.0 Å². The van der Waals surface area contributed by atoms with Crippen LogP contribution in [0.1, 0.15) is 77.6 Å². The standard InChI is InChI=1S/C54H39N3.C24H25BO2.C18H13Cl2N3/c1-54(2)49-22-10-9-21-47(49)48-32-31-46(35-50(48)54)53-56-51(44-19-11-17-42(33-44)40-27-23-38(24-28-40)36-13-5-3-6-14-36)55-52(57-53)45-20-12-18-43(34-45)41-29-25-39(26-30-41)37-15-7-4-8-16-37;1-23(2)24(3,4)27-25(26-23)22-12-8-11-21(17-22)20-15-13-19(14-16-20)18-9-6-5-7-10-18;1-18(2)13-6-4-3-5-11(13)12-8-7-10(9-14(12)18)15-21-16(19)23-17(20)22-15/h3-35H,1-2H3;5-17H,1-4H3;3-9H,1-2H3. The molecule has 3 heterocycles. The van der Waals surface area contributed by atoms with Crippen LogP contribution in [0.25, 0.3) is 135 Å². The van der Waals surface area contributed by atoms with E-state index in [9.17, 15) is 0 Å². The summed E-state index contributed by atoms with van der Waals surface area (Å²) in [5.41, 5.74) is 28.3. The molecule has 0 bridgehead atoms. The second-order valence-corrected chi connectivity index (χ2v) is 30.2. The summed E-state index contributed by atoms with van der Waals surface area (Å²) in [6, 6.07) is 113. The molecular formula is C96H77BCl2N6O2. The fraction of sp³-hybridized carbons (Fsp3) is 0.125. The predicted molar refractivity (Wildman–Crippen MR) is 441 cm³/mol. The summed E-state index contributed by atoms with van der Waals surface area (Å²) >= 11 is 11.8. The molecule has 1 saturated heterocycles. The summed E-state index contributed by atoms with van der Waals surface area (Å²) in [5.74, 6) is 2.42. The Kier molecular flexibility index (Phi) is 18.7. The zero-order chi connectivity index (χ0) is 73.6. The van der Waals surface area contributed by atoms with Gasteiger partial charge in [0.2, 0.25) is 10.6 Å². The predicted octanol–water partition coefficient (Wildman–Crippen LogP) is 24.3. The van der Waals surface area contributed by atoms with Gasteiger partial charge >= 0.3 is 7.12 Å². The molecule has 11 heteroatoms. The zero-order valence-corrected chi connectivity index (χ0v) is 62.4. The number of aromatic nitrogens is 6. The highest BCUT2D eigenvalue weighted by Crippen LogP contribution is 2.51. The first-order chi connectivity index (χ1) is 51.8. The van der Waals surface area contributed by atoms with Crippen LogP contribution in [0.2, 0.25) is 10.6 Å². The number of halogens is 2. The number of hydrogen-bond donors (Lipinski definition) is 0. The van der Waals surface area contributed by atoms with Crippen LogP contribution in [0.4, 0.5) is 0 Å². The van der Waals surface area contributed by atoms with Gasteiger partial charge in [-0.1, -0.05) is 325 Å². The van der Waals surface area contributed by atoms with Gasteiger partial charge in [0.15, 0.2) is 23.3 Å². The van der Waals surface area contributed by atoms with E-state index in [0.717, 1.165) is 50.0 Å². The van der Waals surface area contributed by atoms with Crippen LogP contribution >= 0.6 is 23.2 Å².